The summed E-state index contributed by atoms with van der Waals surface area (Å²) in [4.78, 5) is 26.6. The molecule has 1 aromatic rings. The molecule has 1 amide bonds. The summed E-state index contributed by atoms with van der Waals surface area (Å²) in [6, 6.07) is 2.84. The first kappa shape index (κ1) is 25.5. The summed E-state index contributed by atoms with van der Waals surface area (Å²) in [5.41, 5.74) is 2.97. The lowest BCUT2D eigenvalue weighted by atomic mass is 10.0. The first-order valence-electron chi connectivity index (χ1n) is 8.69. The fourth-order valence-electron chi connectivity index (χ4n) is 2.94. The van der Waals surface area contributed by atoms with Gasteiger partial charge in [0.25, 0.3) is 9.03 Å². The molecule has 1 aromatic carbocycles. The zero-order chi connectivity index (χ0) is 22.9. The molecule has 8 nitrogen and oxygen atoms in total. The summed E-state index contributed by atoms with van der Waals surface area (Å²) < 4.78 is 33.1. The number of rotatable bonds is 7. The number of aryl methyl sites for hydroxylation is 2. The van der Waals surface area contributed by atoms with Crippen LogP contribution in [0.2, 0.25) is 0 Å². The zero-order valence-corrected chi connectivity index (χ0v) is 20.5. The third kappa shape index (κ3) is 6.15. The van der Waals surface area contributed by atoms with Gasteiger partial charge < -0.3 is 4.74 Å². The minimum atomic E-state index is -4.39. The largest absolute Gasteiger partial charge is 0.464 e. The second kappa shape index (κ2) is 9.81. The van der Waals surface area contributed by atoms with Crippen LogP contribution in [0.25, 0.3) is 0 Å². The third-order valence-corrected chi connectivity index (χ3v) is 7.41. The number of alkyl halides is 3. The Hall–Kier alpha value is -0.750. The van der Waals surface area contributed by atoms with Crippen LogP contribution in [0.3, 0.4) is 0 Å². The Morgan fingerprint density at radius 1 is 1.27 bits per heavy atom. The molecule has 1 atom stereocenters. The monoisotopic (exact) mass is 518 g/mol. The van der Waals surface area contributed by atoms with Crippen LogP contribution in [0.1, 0.15) is 23.1 Å². The standard InChI is InChI=1S/C17H21Cl3N2O6S2/c1-10-5-6-11(2)15(12(10)3)22(13-7-8-27-16(13)24)14(23)9-28-30(25,26)21(4)29-17(18,19)20/h5-6,13H,7-9H2,1-4H3. The number of ether oxygens (including phenoxy) is 1. The maximum Gasteiger partial charge on any atom is 0.348 e. The lowest BCUT2D eigenvalue weighted by Crippen LogP contribution is -2.46. The van der Waals surface area contributed by atoms with Crippen molar-refractivity contribution < 1.29 is 26.9 Å². The Kier molecular flexibility index (Phi) is 8.34. The van der Waals surface area contributed by atoms with E-state index in [1.165, 1.54) is 4.90 Å². The van der Waals surface area contributed by atoms with Crippen molar-refractivity contribution in [3.8, 4) is 0 Å². The van der Waals surface area contributed by atoms with Gasteiger partial charge in [-0.2, -0.15) is 8.42 Å². The van der Waals surface area contributed by atoms with Gasteiger partial charge in [-0.1, -0.05) is 46.9 Å². The predicted molar refractivity (Wildman–Crippen MR) is 118 cm³/mol. The van der Waals surface area contributed by atoms with Crippen molar-refractivity contribution in [3.63, 3.8) is 0 Å². The van der Waals surface area contributed by atoms with Gasteiger partial charge in [0.15, 0.2) is 0 Å². The number of carbonyl (C=O) groups is 2. The number of benzene rings is 1. The van der Waals surface area contributed by atoms with Gasteiger partial charge in [-0.3, -0.25) is 9.69 Å². The van der Waals surface area contributed by atoms with Crippen LogP contribution in [-0.2, 0) is 28.8 Å². The molecule has 0 N–H and O–H groups in total. The number of amides is 1. The second-order valence-electron chi connectivity index (χ2n) is 6.58. The fraction of sp³-hybridized carbons (Fsp3) is 0.529. The zero-order valence-electron chi connectivity index (χ0n) is 16.6. The van der Waals surface area contributed by atoms with Gasteiger partial charge in [-0.25, -0.2) is 8.98 Å². The molecule has 13 heteroatoms. The topological polar surface area (TPSA) is 93.2 Å². The summed E-state index contributed by atoms with van der Waals surface area (Å²) in [5.74, 6) is -1.28. The Morgan fingerprint density at radius 3 is 2.40 bits per heavy atom. The highest BCUT2D eigenvalue weighted by Crippen LogP contribution is 2.41. The fourth-order valence-corrected chi connectivity index (χ4v) is 5.76. The number of hydrogen-bond donors (Lipinski definition) is 0. The summed E-state index contributed by atoms with van der Waals surface area (Å²) in [6.45, 7) is 4.81. The quantitative estimate of drug-likeness (QED) is 0.309. The molecule has 1 unspecified atom stereocenters. The van der Waals surface area contributed by atoms with Gasteiger partial charge in [0.2, 0.25) is 0 Å². The Bertz CT molecular complexity index is 936. The number of halogens is 3. The molecule has 0 spiro atoms. The summed E-state index contributed by atoms with van der Waals surface area (Å²) in [6.07, 6.45) is 0.285. The molecule has 1 aliphatic heterocycles. The van der Waals surface area contributed by atoms with E-state index in [9.17, 15) is 18.0 Å². The highest BCUT2D eigenvalue weighted by atomic mass is 35.6. The Labute approximate surface area is 195 Å². The molecule has 2 rings (SSSR count). The normalized spacial score (nSPS) is 17.3. The molecule has 1 aliphatic rings. The van der Waals surface area contributed by atoms with Gasteiger partial charge in [-0.15, -0.1) is 3.71 Å². The SMILES string of the molecule is Cc1ccc(C)c(N(C(=O)COS(=O)(=O)N(C)SC(Cl)(Cl)Cl)C2CCOC2=O)c1C. The average Bonchev–Trinajstić information content (AvgIpc) is 3.04. The molecule has 0 bridgehead atoms. The highest BCUT2D eigenvalue weighted by Gasteiger charge is 2.39. The Balaban J connectivity index is 2.31. The van der Waals surface area contributed by atoms with Gasteiger partial charge in [0.05, 0.1) is 12.3 Å². The van der Waals surface area contributed by atoms with Gasteiger partial charge in [0.1, 0.15) is 12.6 Å². The number of anilines is 1. The predicted octanol–water partition coefficient (Wildman–Crippen LogP) is 3.43. The first-order valence-corrected chi connectivity index (χ1v) is 12.0. The van der Waals surface area contributed by atoms with Crippen LogP contribution in [0.5, 0.6) is 0 Å². The van der Waals surface area contributed by atoms with E-state index in [4.69, 9.17) is 43.7 Å². The van der Waals surface area contributed by atoms with E-state index in [1.807, 2.05) is 26.0 Å². The van der Waals surface area contributed by atoms with Crippen LogP contribution in [0.4, 0.5) is 5.69 Å². The molecular weight excluding hydrogens is 499 g/mol. The van der Waals surface area contributed by atoms with Gasteiger partial charge >= 0.3 is 16.3 Å². The van der Waals surface area contributed by atoms with E-state index >= 15 is 0 Å². The van der Waals surface area contributed by atoms with Gasteiger partial charge in [-0.05, 0) is 49.4 Å². The minimum absolute atomic E-state index is 0.166. The molecule has 0 radical (unpaired) electrons. The molecule has 1 fully saturated rings. The minimum Gasteiger partial charge on any atom is -0.464 e. The van der Waals surface area contributed by atoms with Crippen molar-refractivity contribution in [2.45, 2.75) is 36.4 Å². The molecule has 168 valence electrons. The maximum atomic E-state index is 13.1. The molecule has 1 heterocycles. The van der Waals surface area contributed by atoms with Crippen molar-refractivity contribution in [3.05, 3.63) is 28.8 Å². The van der Waals surface area contributed by atoms with Crippen LogP contribution < -0.4 is 4.90 Å². The van der Waals surface area contributed by atoms with E-state index in [2.05, 4.69) is 0 Å². The van der Waals surface area contributed by atoms with E-state index in [-0.39, 0.29) is 13.0 Å². The van der Waals surface area contributed by atoms with Crippen molar-refractivity contribution in [1.82, 2.24) is 3.71 Å². The number of carbonyl (C=O) groups excluding carboxylic acids is 2. The van der Waals surface area contributed by atoms with Crippen LogP contribution >= 0.6 is 46.8 Å². The lowest BCUT2D eigenvalue weighted by molar-refractivity contribution is -0.140. The summed E-state index contributed by atoms with van der Waals surface area (Å²) in [7, 11) is -3.27. The van der Waals surface area contributed by atoms with Crippen LogP contribution in [0.15, 0.2) is 12.1 Å². The highest BCUT2D eigenvalue weighted by molar-refractivity contribution is 8.10. The second-order valence-corrected chi connectivity index (χ2v) is 12.7. The van der Waals surface area contributed by atoms with Crippen molar-refractivity contribution in [1.29, 1.82) is 0 Å². The van der Waals surface area contributed by atoms with E-state index in [0.717, 1.165) is 23.7 Å². The van der Waals surface area contributed by atoms with Crippen LogP contribution in [0, 0.1) is 20.8 Å². The average molecular weight is 520 g/mol. The lowest BCUT2D eigenvalue weighted by Gasteiger charge is -2.30. The van der Waals surface area contributed by atoms with Crippen molar-refractivity contribution >= 4 is 74.6 Å². The third-order valence-electron chi connectivity index (χ3n) is 4.51. The maximum absolute atomic E-state index is 13.1. The smallest absolute Gasteiger partial charge is 0.348 e. The molecule has 0 aliphatic carbocycles. The summed E-state index contributed by atoms with van der Waals surface area (Å²) in [5, 5.41) is 0. The van der Waals surface area contributed by atoms with Crippen molar-refractivity contribution in [2.75, 3.05) is 25.2 Å². The number of esters is 1. The number of nitrogens with zero attached hydrogens (tertiary/aromatic N) is 2. The Morgan fingerprint density at radius 2 is 1.87 bits per heavy atom. The van der Waals surface area contributed by atoms with Gasteiger partial charge in [0, 0.05) is 13.5 Å². The summed E-state index contributed by atoms with van der Waals surface area (Å²) >= 11 is 17.1. The molecular formula is C17H21Cl3N2O6S2. The number of cyclic esters (lactones) is 1. The number of hydrogen-bond acceptors (Lipinski definition) is 7. The van der Waals surface area contributed by atoms with Crippen LogP contribution in [-0.4, -0.2) is 53.4 Å². The first-order chi connectivity index (χ1) is 13.7. The molecule has 1 saturated heterocycles. The van der Waals surface area contributed by atoms with E-state index < -0.39 is 38.0 Å². The van der Waals surface area contributed by atoms with E-state index in [1.54, 1.807) is 6.92 Å². The van der Waals surface area contributed by atoms with E-state index in [0.29, 0.717) is 21.3 Å². The van der Waals surface area contributed by atoms with Crippen molar-refractivity contribution in [2.24, 2.45) is 0 Å². The molecule has 30 heavy (non-hydrogen) atoms. The molecule has 0 saturated carbocycles. The molecule has 0 aromatic heterocycles.